The number of carbonyl (C=O) groups excluding carboxylic acids is 1. The molecule has 1 saturated carbocycles. The number of benzene rings is 1. The fraction of sp³-hybridized carbons (Fsp3) is 0.636. The van der Waals surface area contributed by atoms with Crippen molar-refractivity contribution >= 4 is 6.09 Å². The highest BCUT2D eigenvalue weighted by atomic mass is 16.6. The maximum atomic E-state index is 12.2. The molecule has 2 atom stereocenters. The molecule has 0 saturated heterocycles. The van der Waals surface area contributed by atoms with Gasteiger partial charge in [0, 0.05) is 18.8 Å². The summed E-state index contributed by atoms with van der Waals surface area (Å²) in [5.74, 6) is 1.41. The first-order valence-corrected chi connectivity index (χ1v) is 15.0. The first kappa shape index (κ1) is 27.2. The molecule has 0 bridgehead atoms. The van der Waals surface area contributed by atoms with Gasteiger partial charge in [0.15, 0.2) is 0 Å². The summed E-state index contributed by atoms with van der Waals surface area (Å²) >= 11 is 0. The molecule has 0 radical (unpaired) electrons. The third kappa shape index (κ3) is 6.77. The molecular formula is C33H47N3O2. The lowest BCUT2D eigenvalue weighted by molar-refractivity contribution is 0.0487. The number of hydrogen-bond donors (Lipinski definition) is 1. The van der Waals surface area contributed by atoms with Crippen LogP contribution < -0.4 is 5.32 Å². The Morgan fingerprint density at radius 2 is 1.79 bits per heavy atom. The van der Waals surface area contributed by atoms with Gasteiger partial charge in [0.2, 0.25) is 0 Å². The zero-order valence-electron chi connectivity index (χ0n) is 24.0. The van der Waals surface area contributed by atoms with E-state index in [1.54, 1.807) is 16.7 Å². The molecule has 206 valence electrons. The zero-order valence-corrected chi connectivity index (χ0v) is 24.0. The minimum absolute atomic E-state index is 0.241. The van der Waals surface area contributed by atoms with Crippen LogP contribution in [0.3, 0.4) is 0 Å². The van der Waals surface area contributed by atoms with Crippen LogP contribution in [0.5, 0.6) is 0 Å². The number of aromatic nitrogens is 1. The van der Waals surface area contributed by atoms with E-state index in [0.717, 1.165) is 19.4 Å². The van der Waals surface area contributed by atoms with Gasteiger partial charge in [-0.05, 0) is 139 Å². The molecule has 1 amide bonds. The van der Waals surface area contributed by atoms with Crippen molar-refractivity contribution in [2.75, 3.05) is 13.6 Å². The highest BCUT2D eigenvalue weighted by Gasteiger charge is 2.30. The summed E-state index contributed by atoms with van der Waals surface area (Å²) in [6, 6.07) is 12.1. The second kappa shape index (κ2) is 11.8. The Balaban J connectivity index is 1.16. The first-order chi connectivity index (χ1) is 18.2. The summed E-state index contributed by atoms with van der Waals surface area (Å²) in [7, 11) is 2.32. The van der Waals surface area contributed by atoms with Gasteiger partial charge in [-0.25, -0.2) is 4.79 Å². The molecule has 1 fully saturated rings. The molecule has 1 heterocycles. The Labute approximate surface area is 229 Å². The van der Waals surface area contributed by atoms with Gasteiger partial charge in [0.1, 0.15) is 5.60 Å². The maximum absolute atomic E-state index is 12.2. The third-order valence-electron chi connectivity index (χ3n) is 9.00. The van der Waals surface area contributed by atoms with Crippen LogP contribution in [0.25, 0.3) is 0 Å². The second-order valence-corrected chi connectivity index (χ2v) is 13.1. The zero-order chi connectivity index (χ0) is 26.7. The van der Waals surface area contributed by atoms with Crippen molar-refractivity contribution in [2.24, 2.45) is 11.8 Å². The van der Waals surface area contributed by atoms with Gasteiger partial charge < -0.3 is 10.1 Å². The van der Waals surface area contributed by atoms with Crippen molar-refractivity contribution in [3.8, 4) is 0 Å². The summed E-state index contributed by atoms with van der Waals surface area (Å²) in [5.41, 5.74) is 7.10. The van der Waals surface area contributed by atoms with E-state index in [0.29, 0.717) is 17.9 Å². The van der Waals surface area contributed by atoms with Crippen LogP contribution in [-0.4, -0.2) is 41.2 Å². The molecule has 2 aromatic rings. The predicted molar refractivity (Wildman–Crippen MR) is 153 cm³/mol. The molecule has 3 aliphatic rings. The molecule has 0 unspecified atom stereocenters. The lowest BCUT2D eigenvalue weighted by Gasteiger charge is -2.36. The molecule has 3 aliphatic carbocycles. The molecule has 1 aromatic carbocycles. The van der Waals surface area contributed by atoms with E-state index in [4.69, 9.17) is 9.72 Å². The normalized spacial score (nSPS) is 25.4. The number of pyridine rings is 1. The molecule has 0 spiro atoms. The topological polar surface area (TPSA) is 54.5 Å². The molecule has 5 heteroatoms. The van der Waals surface area contributed by atoms with E-state index >= 15 is 0 Å². The SMILES string of the molecule is CN(C[C@@H]1CCc2cccc(CC3CCC(NC(=O)OC(C)(C)C)CC3)c2C1)[C@H]1CCCc2cccnc21. The standard InChI is InChI=1S/C33H47N3O2/c1-33(2,3)38-32(37)35-28-17-14-23(15-18-28)20-27-10-5-8-25-16-13-24(21-29(25)27)22-36(4)30-12-6-9-26-11-7-19-34-31(26)30/h5,7-8,10-11,19,23-24,28,30H,6,9,12-18,20-22H2,1-4H3,(H,35,37)/t23?,24-,28?,30+/m1/s1. The summed E-state index contributed by atoms with van der Waals surface area (Å²) in [4.78, 5) is 19.6. The maximum Gasteiger partial charge on any atom is 0.407 e. The van der Waals surface area contributed by atoms with E-state index < -0.39 is 5.60 Å². The molecule has 38 heavy (non-hydrogen) atoms. The largest absolute Gasteiger partial charge is 0.444 e. The van der Waals surface area contributed by atoms with Gasteiger partial charge in [0.25, 0.3) is 0 Å². The van der Waals surface area contributed by atoms with Gasteiger partial charge in [-0.15, -0.1) is 0 Å². The Hall–Kier alpha value is -2.40. The van der Waals surface area contributed by atoms with Gasteiger partial charge in [-0.1, -0.05) is 24.3 Å². The number of amides is 1. The molecule has 1 N–H and O–H groups in total. The lowest BCUT2D eigenvalue weighted by atomic mass is 9.77. The van der Waals surface area contributed by atoms with Crippen molar-refractivity contribution in [1.29, 1.82) is 0 Å². The minimum atomic E-state index is -0.446. The summed E-state index contributed by atoms with van der Waals surface area (Å²) < 4.78 is 5.46. The minimum Gasteiger partial charge on any atom is -0.444 e. The number of carbonyl (C=O) groups is 1. The Bertz CT molecular complexity index is 1100. The van der Waals surface area contributed by atoms with Gasteiger partial charge >= 0.3 is 6.09 Å². The smallest absolute Gasteiger partial charge is 0.407 e. The number of aryl methyl sites for hydroxylation is 2. The number of fused-ring (bicyclic) bond motifs is 2. The lowest BCUT2D eigenvalue weighted by Crippen LogP contribution is -2.41. The quantitative estimate of drug-likeness (QED) is 0.457. The summed E-state index contributed by atoms with van der Waals surface area (Å²) in [6.45, 7) is 6.90. The van der Waals surface area contributed by atoms with Gasteiger partial charge in [-0.2, -0.15) is 0 Å². The van der Waals surface area contributed by atoms with Crippen molar-refractivity contribution in [3.63, 3.8) is 0 Å². The molecule has 5 nitrogen and oxygen atoms in total. The molecule has 5 rings (SSSR count). The molecule has 0 aliphatic heterocycles. The fourth-order valence-electron chi connectivity index (χ4n) is 7.13. The van der Waals surface area contributed by atoms with Gasteiger partial charge in [-0.3, -0.25) is 9.88 Å². The fourth-order valence-corrected chi connectivity index (χ4v) is 7.13. The number of hydrogen-bond acceptors (Lipinski definition) is 4. The number of alkyl carbamates (subject to hydrolysis) is 1. The van der Waals surface area contributed by atoms with E-state index in [1.807, 2.05) is 27.0 Å². The van der Waals surface area contributed by atoms with Crippen LogP contribution in [0.1, 0.15) is 99.7 Å². The van der Waals surface area contributed by atoms with Crippen LogP contribution in [-0.2, 0) is 30.4 Å². The van der Waals surface area contributed by atoms with E-state index in [9.17, 15) is 4.79 Å². The van der Waals surface area contributed by atoms with Crippen LogP contribution in [0.4, 0.5) is 4.79 Å². The number of nitrogens with zero attached hydrogens (tertiary/aromatic N) is 2. The molecular weight excluding hydrogens is 470 g/mol. The Morgan fingerprint density at radius 1 is 1.00 bits per heavy atom. The van der Waals surface area contributed by atoms with Crippen molar-refractivity contribution < 1.29 is 9.53 Å². The van der Waals surface area contributed by atoms with Crippen LogP contribution in [0.15, 0.2) is 36.5 Å². The van der Waals surface area contributed by atoms with E-state index in [-0.39, 0.29) is 12.1 Å². The van der Waals surface area contributed by atoms with Crippen molar-refractivity contribution in [1.82, 2.24) is 15.2 Å². The Morgan fingerprint density at radius 3 is 2.58 bits per heavy atom. The predicted octanol–water partition coefficient (Wildman–Crippen LogP) is 6.82. The van der Waals surface area contributed by atoms with Crippen molar-refractivity contribution in [3.05, 3.63) is 64.5 Å². The summed E-state index contributed by atoms with van der Waals surface area (Å²) in [6.07, 6.45) is 14.6. The van der Waals surface area contributed by atoms with Crippen molar-refractivity contribution in [2.45, 2.75) is 109 Å². The van der Waals surface area contributed by atoms with E-state index in [1.165, 1.54) is 69.0 Å². The first-order valence-electron chi connectivity index (χ1n) is 15.0. The second-order valence-electron chi connectivity index (χ2n) is 13.1. The van der Waals surface area contributed by atoms with Crippen LogP contribution in [0, 0.1) is 11.8 Å². The highest BCUT2D eigenvalue weighted by Crippen LogP contribution is 2.36. The monoisotopic (exact) mass is 517 g/mol. The van der Waals surface area contributed by atoms with Crippen LogP contribution >= 0.6 is 0 Å². The van der Waals surface area contributed by atoms with E-state index in [2.05, 4.69) is 47.6 Å². The number of nitrogens with one attached hydrogen (secondary N) is 1. The number of ether oxygens (including phenoxy) is 1. The molecule has 1 aromatic heterocycles. The number of rotatable bonds is 6. The third-order valence-corrected chi connectivity index (χ3v) is 9.00. The van der Waals surface area contributed by atoms with Gasteiger partial charge in [0.05, 0.1) is 11.7 Å². The average molecular weight is 518 g/mol. The van der Waals surface area contributed by atoms with Crippen LogP contribution in [0.2, 0.25) is 0 Å². The Kier molecular flexibility index (Phi) is 8.42. The highest BCUT2D eigenvalue weighted by molar-refractivity contribution is 5.68. The average Bonchev–Trinajstić information content (AvgIpc) is 2.88. The summed E-state index contributed by atoms with van der Waals surface area (Å²) in [5, 5.41) is 3.10.